The molecule has 0 aliphatic carbocycles. The van der Waals surface area contributed by atoms with E-state index >= 15 is 0 Å². The summed E-state index contributed by atoms with van der Waals surface area (Å²) in [6.07, 6.45) is -0.417. The number of carbonyl (C=O) groups is 1. The van der Waals surface area contributed by atoms with Crippen LogP contribution >= 0.6 is 12.2 Å². The highest BCUT2D eigenvalue weighted by Gasteiger charge is 2.27. The molecule has 2 aromatic rings. The van der Waals surface area contributed by atoms with E-state index < -0.39 is 6.29 Å². The lowest BCUT2D eigenvalue weighted by molar-refractivity contribution is -0.130. The summed E-state index contributed by atoms with van der Waals surface area (Å²) in [6.45, 7) is 2.43. The minimum atomic E-state index is -0.417. The maximum absolute atomic E-state index is 12.5. The second-order valence-corrected chi connectivity index (χ2v) is 6.53. The number of amides is 1. The Morgan fingerprint density at radius 1 is 1.04 bits per heavy atom. The van der Waals surface area contributed by atoms with Gasteiger partial charge in [-0.1, -0.05) is 72.9 Å². The Bertz CT molecular complexity index is 721. The molecule has 0 spiro atoms. The average molecular weight is 387 g/mol. The molecular weight excluding hydrogens is 360 g/mol. The number of hydrogen-bond acceptors (Lipinski definition) is 4. The van der Waals surface area contributed by atoms with Crippen molar-refractivity contribution in [2.75, 3.05) is 20.8 Å². The minimum absolute atomic E-state index is 0.0492. The summed E-state index contributed by atoms with van der Waals surface area (Å²) in [5.41, 5.74) is 2.00. The van der Waals surface area contributed by atoms with Crippen molar-refractivity contribution in [1.29, 1.82) is 0 Å². The quantitative estimate of drug-likeness (QED) is 0.529. The second kappa shape index (κ2) is 10.8. The van der Waals surface area contributed by atoms with Crippen LogP contribution in [-0.4, -0.2) is 42.8 Å². The molecule has 0 saturated heterocycles. The van der Waals surface area contributed by atoms with Gasteiger partial charge in [0.15, 0.2) is 6.29 Å². The molecule has 0 radical (unpaired) electrons. The fourth-order valence-corrected chi connectivity index (χ4v) is 3.16. The summed E-state index contributed by atoms with van der Waals surface area (Å²) in [6, 6.07) is 19.3. The zero-order chi connectivity index (χ0) is 19.6. The Morgan fingerprint density at radius 2 is 1.59 bits per heavy atom. The van der Waals surface area contributed by atoms with E-state index in [1.807, 2.05) is 60.7 Å². The number of hydrogen-bond donors (Lipinski definition) is 1. The molecule has 0 saturated carbocycles. The number of thiocarbonyl (C=S) groups is 1. The molecule has 0 bridgehead atoms. The van der Waals surface area contributed by atoms with E-state index in [1.54, 1.807) is 26.0 Å². The highest BCUT2D eigenvalue weighted by Crippen LogP contribution is 2.24. The molecule has 0 heterocycles. The van der Waals surface area contributed by atoms with E-state index in [0.717, 1.165) is 11.1 Å². The maximum atomic E-state index is 12.5. The maximum Gasteiger partial charge on any atom is 0.220 e. The number of methoxy groups -OCH3 is 2. The van der Waals surface area contributed by atoms with Crippen LogP contribution < -0.4 is 5.32 Å². The molecule has 2 aromatic carbocycles. The van der Waals surface area contributed by atoms with Crippen LogP contribution in [0.1, 0.15) is 24.1 Å². The standard InChI is InChI=1S/C21H26N2O3S/c1-16(24)23(15-17-10-6-4-7-11-17)20(18-12-8-5-9-13-18)21(27)22-14-19(25-2)26-3/h4-13,19-20H,14-15H2,1-3H3,(H,22,27). The number of benzene rings is 2. The lowest BCUT2D eigenvalue weighted by Crippen LogP contribution is -2.44. The van der Waals surface area contributed by atoms with Crippen molar-refractivity contribution in [1.82, 2.24) is 10.2 Å². The van der Waals surface area contributed by atoms with Gasteiger partial charge in [-0.2, -0.15) is 0 Å². The van der Waals surface area contributed by atoms with Crippen LogP contribution in [-0.2, 0) is 20.8 Å². The largest absolute Gasteiger partial charge is 0.373 e. The lowest BCUT2D eigenvalue weighted by atomic mass is 10.0. The van der Waals surface area contributed by atoms with Crippen molar-refractivity contribution in [3.05, 3.63) is 71.8 Å². The van der Waals surface area contributed by atoms with Crippen molar-refractivity contribution < 1.29 is 14.3 Å². The monoisotopic (exact) mass is 386 g/mol. The minimum Gasteiger partial charge on any atom is -0.373 e. The number of ether oxygens (including phenoxy) is 2. The average Bonchev–Trinajstić information content (AvgIpc) is 2.69. The van der Waals surface area contributed by atoms with Crippen LogP contribution in [0.3, 0.4) is 0 Å². The van der Waals surface area contributed by atoms with E-state index in [-0.39, 0.29) is 11.9 Å². The molecule has 1 N–H and O–H groups in total. The van der Waals surface area contributed by atoms with Gasteiger partial charge in [0, 0.05) is 27.7 Å². The van der Waals surface area contributed by atoms with Gasteiger partial charge in [-0.15, -0.1) is 0 Å². The lowest BCUT2D eigenvalue weighted by Gasteiger charge is -2.33. The summed E-state index contributed by atoms with van der Waals surface area (Å²) in [4.78, 5) is 14.8. The first-order chi connectivity index (χ1) is 13.1. The number of nitrogens with one attached hydrogen (secondary N) is 1. The van der Waals surface area contributed by atoms with Crippen molar-refractivity contribution in [3.8, 4) is 0 Å². The van der Waals surface area contributed by atoms with E-state index in [4.69, 9.17) is 21.7 Å². The number of nitrogens with zero attached hydrogens (tertiary/aromatic N) is 1. The van der Waals surface area contributed by atoms with Gasteiger partial charge in [-0.05, 0) is 11.1 Å². The van der Waals surface area contributed by atoms with Crippen LogP contribution in [0.15, 0.2) is 60.7 Å². The van der Waals surface area contributed by atoms with Gasteiger partial charge in [0.2, 0.25) is 5.91 Å². The first-order valence-electron chi connectivity index (χ1n) is 8.76. The topological polar surface area (TPSA) is 50.8 Å². The predicted molar refractivity (Wildman–Crippen MR) is 110 cm³/mol. The zero-order valence-corrected chi connectivity index (χ0v) is 16.7. The third-order valence-electron chi connectivity index (χ3n) is 4.24. The Kier molecular flexibility index (Phi) is 8.39. The second-order valence-electron chi connectivity index (χ2n) is 6.09. The fraction of sp³-hybridized carbons (Fsp3) is 0.333. The van der Waals surface area contributed by atoms with Gasteiger partial charge in [-0.3, -0.25) is 4.79 Å². The molecule has 2 rings (SSSR count). The Hall–Kier alpha value is -2.28. The third kappa shape index (κ3) is 6.13. The van der Waals surface area contributed by atoms with E-state index in [2.05, 4.69) is 5.32 Å². The summed E-state index contributed by atoms with van der Waals surface area (Å²) >= 11 is 5.67. The van der Waals surface area contributed by atoms with Gasteiger partial charge in [0.25, 0.3) is 0 Å². The number of rotatable bonds is 9. The van der Waals surface area contributed by atoms with Gasteiger partial charge >= 0.3 is 0 Å². The molecule has 0 aromatic heterocycles. The molecule has 144 valence electrons. The molecule has 5 nitrogen and oxygen atoms in total. The molecule has 1 amide bonds. The van der Waals surface area contributed by atoms with Crippen molar-refractivity contribution >= 4 is 23.1 Å². The van der Waals surface area contributed by atoms with Crippen molar-refractivity contribution in [3.63, 3.8) is 0 Å². The highest BCUT2D eigenvalue weighted by atomic mass is 32.1. The third-order valence-corrected chi connectivity index (χ3v) is 4.61. The smallest absolute Gasteiger partial charge is 0.220 e. The predicted octanol–water partition coefficient (Wildman–Crippen LogP) is 3.31. The number of carbonyl (C=O) groups excluding carboxylic acids is 1. The van der Waals surface area contributed by atoms with Gasteiger partial charge in [0.1, 0.15) is 11.0 Å². The summed E-state index contributed by atoms with van der Waals surface area (Å²) in [5, 5.41) is 3.19. The molecule has 0 aliphatic rings. The zero-order valence-electron chi connectivity index (χ0n) is 15.9. The summed E-state index contributed by atoms with van der Waals surface area (Å²) in [5.74, 6) is -0.0492. The SMILES string of the molecule is COC(CNC(=S)C(c1ccccc1)N(Cc1ccccc1)C(C)=O)OC. The van der Waals surface area contributed by atoms with Crippen LogP contribution in [0.4, 0.5) is 0 Å². The van der Waals surface area contributed by atoms with E-state index in [1.165, 1.54) is 0 Å². The fourth-order valence-electron chi connectivity index (χ4n) is 2.82. The highest BCUT2D eigenvalue weighted by molar-refractivity contribution is 7.80. The van der Waals surface area contributed by atoms with Crippen LogP contribution in [0.25, 0.3) is 0 Å². The van der Waals surface area contributed by atoms with Gasteiger partial charge in [0.05, 0.1) is 6.54 Å². The van der Waals surface area contributed by atoms with Gasteiger partial charge < -0.3 is 19.7 Å². The molecular formula is C21H26N2O3S. The molecule has 27 heavy (non-hydrogen) atoms. The molecule has 6 heteroatoms. The molecule has 0 fully saturated rings. The molecule has 1 atom stereocenters. The summed E-state index contributed by atoms with van der Waals surface area (Å²) in [7, 11) is 3.15. The van der Waals surface area contributed by atoms with Crippen LogP contribution in [0.5, 0.6) is 0 Å². The van der Waals surface area contributed by atoms with Crippen molar-refractivity contribution in [2.45, 2.75) is 25.8 Å². The van der Waals surface area contributed by atoms with Crippen LogP contribution in [0.2, 0.25) is 0 Å². The summed E-state index contributed by atoms with van der Waals surface area (Å²) < 4.78 is 10.4. The first kappa shape index (κ1) is 21.0. The Balaban J connectivity index is 2.29. The van der Waals surface area contributed by atoms with E-state index in [0.29, 0.717) is 18.1 Å². The Morgan fingerprint density at radius 3 is 2.11 bits per heavy atom. The first-order valence-corrected chi connectivity index (χ1v) is 9.17. The molecule has 0 aliphatic heterocycles. The van der Waals surface area contributed by atoms with E-state index in [9.17, 15) is 4.79 Å². The normalized spacial score (nSPS) is 11.9. The van der Waals surface area contributed by atoms with Crippen molar-refractivity contribution in [2.24, 2.45) is 0 Å². The van der Waals surface area contributed by atoms with Crippen LogP contribution in [0, 0.1) is 0 Å². The van der Waals surface area contributed by atoms with Gasteiger partial charge in [-0.25, -0.2) is 0 Å². The molecule has 1 unspecified atom stereocenters. The Labute approximate surface area is 166 Å².